The number of nitrogens with zero attached hydrogens (tertiary/aromatic N) is 4. The van der Waals surface area contributed by atoms with E-state index in [1.54, 1.807) is 0 Å². The molecule has 0 aromatic carbocycles. The fourth-order valence-electron chi connectivity index (χ4n) is 4.93. The van der Waals surface area contributed by atoms with Crippen LogP contribution in [0.3, 0.4) is 0 Å². The molecule has 6 nitrogen and oxygen atoms in total. The standard InChI is InChI=1S/C22H34N4O2/c1-24(2)20-6-5-18(14-23-20)15-25-11-9-22(10-12-25)8-7-21(27)26(17-22)16-19-4-3-13-28-19/h5-6,14,19H,3-4,7-13,15-17H2,1-2H3/t19-/m1/s1. The maximum absolute atomic E-state index is 12.4. The van der Waals surface area contributed by atoms with Crippen molar-refractivity contribution in [3.8, 4) is 0 Å². The van der Waals surface area contributed by atoms with Crippen LogP contribution in [0.2, 0.25) is 0 Å². The molecular weight excluding hydrogens is 352 g/mol. The van der Waals surface area contributed by atoms with Crippen LogP contribution in [-0.2, 0) is 16.1 Å². The van der Waals surface area contributed by atoms with E-state index in [1.165, 1.54) is 18.4 Å². The molecule has 1 amide bonds. The van der Waals surface area contributed by atoms with Crippen molar-refractivity contribution in [2.75, 3.05) is 51.8 Å². The number of carbonyl (C=O) groups is 1. The Labute approximate surface area is 168 Å². The topological polar surface area (TPSA) is 48.9 Å². The number of hydrogen-bond acceptors (Lipinski definition) is 5. The van der Waals surface area contributed by atoms with E-state index in [9.17, 15) is 4.79 Å². The van der Waals surface area contributed by atoms with Crippen molar-refractivity contribution >= 4 is 11.7 Å². The van der Waals surface area contributed by atoms with E-state index in [1.807, 2.05) is 25.2 Å². The summed E-state index contributed by atoms with van der Waals surface area (Å²) in [6, 6.07) is 4.28. The summed E-state index contributed by atoms with van der Waals surface area (Å²) in [6.07, 6.45) is 8.64. The smallest absolute Gasteiger partial charge is 0.222 e. The Morgan fingerprint density at radius 3 is 2.71 bits per heavy atom. The van der Waals surface area contributed by atoms with Crippen molar-refractivity contribution < 1.29 is 9.53 Å². The lowest BCUT2D eigenvalue weighted by molar-refractivity contribution is -0.141. The van der Waals surface area contributed by atoms with Gasteiger partial charge < -0.3 is 14.5 Å². The van der Waals surface area contributed by atoms with Gasteiger partial charge in [-0.3, -0.25) is 9.69 Å². The van der Waals surface area contributed by atoms with Crippen LogP contribution in [-0.4, -0.2) is 73.7 Å². The molecule has 1 spiro atoms. The van der Waals surface area contributed by atoms with Gasteiger partial charge >= 0.3 is 0 Å². The minimum Gasteiger partial charge on any atom is -0.376 e. The lowest BCUT2D eigenvalue weighted by atomic mass is 9.72. The average Bonchev–Trinajstić information content (AvgIpc) is 3.20. The van der Waals surface area contributed by atoms with Gasteiger partial charge in [0.05, 0.1) is 6.10 Å². The Morgan fingerprint density at radius 1 is 1.25 bits per heavy atom. The van der Waals surface area contributed by atoms with Crippen molar-refractivity contribution in [3.05, 3.63) is 23.9 Å². The van der Waals surface area contributed by atoms with Gasteiger partial charge in [0, 0.05) is 53.0 Å². The molecule has 3 saturated heterocycles. The van der Waals surface area contributed by atoms with E-state index in [-0.39, 0.29) is 6.10 Å². The molecule has 3 aliphatic heterocycles. The summed E-state index contributed by atoms with van der Waals surface area (Å²) < 4.78 is 5.78. The largest absolute Gasteiger partial charge is 0.376 e. The van der Waals surface area contributed by atoms with Crippen LogP contribution in [0.1, 0.15) is 44.1 Å². The minimum atomic E-state index is 0.261. The number of pyridine rings is 1. The number of aromatic nitrogens is 1. The second-order valence-corrected chi connectivity index (χ2v) is 9.10. The highest BCUT2D eigenvalue weighted by Gasteiger charge is 2.41. The fourth-order valence-corrected chi connectivity index (χ4v) is 4.93. The van der Waals surface area contributed by atoms with Gasteiger partial charge in [-0.25, -0.2) is 4.98 Å². The SMILES string of the molecule is CN(C)c1ccc(CN2CCC3(CCC(=O)N(C[C@H]4CCCO4)C3)CC2)cn1. The quantitative estimate of drug-likeness (QED) is 0.778. The lowest BCUT2D eigenvalue weighted by Gasteiger charge is -2.48. The molecule has 0 bridgehead atoms. The van der Waals surface area contributed by atoms with Gasteiger partial charge in [0.2, 0.25) is 5.91 Å². The molecule has 3 fully saturated rings. The molecule has 4 heterocycles. The third-order valence-corrected chi connectivity index (χ3v) is 6.79. The Hall–Kier alpha value is -1.66. The number of piperidine rings is 2. The maximum atomic E-state index is 12.4. The molecule has 1 aromatic heterocycles. The second kappa shape index (κ2) is 8.37. The molecule has 1 aromatic rings. The number of amides is 1. The first-order chi connectivity index (χ1) is 13.5. The van der Waals surface area contributed by atoms with E-state index in [0.717, 1.165) is 64.4 Å². The lowest BCUT2D eigenvalue weighted by Crippen LogP contribution is -2.52. The highest BCUT2D eigenvalue weighted by Crippen LogP contribution is 2.40. The zero-order valence-corrected chi connectivity index (χ0v) is 17.4. The van der Waals surface area contributed by atoms with Crippen molar-refractivity contribution in [1.29, 1.82) is 0 Å². The van der Waals surface area contributed by atoms with Crippen molar-refractivity contribution in [2.24, 2.45) is 5.41 Å². The van der Waals surface area contributed by atoms with E-state index in [4.69, 9.17) is 4.74 Å². The third-order valence-electron chi connectivity index (χ3n) is 6.79. The average molecular weight is 387 g/mol. The number of carbonyl (C=O) groups excluding carboxylic acids is 1. The normalized spacial score (nSPS) is 25.4. The minimum absolute atomic E-state index is 0.261. The molecule has 0 saturated carbocycles. The van der Waals surface area contributed by atoms with Gasteiger partial charge in [-0.2, -0.15) is 0 Å². The van der Waals surface area contributed by atoms with Gasteiger partial charge in [-0.05, 0) is 62.2 Å². The number of hydrogen-bond donors (Lipinski definition) is 0. The number of likely N-dealkylation sites (tertiary alicyclic amines) is 2. The Balaban J connectivity index is 1.30. The van der Waals surface area contributed by atoms with Gasteiger partial charge in [0.25, 0.3) is 0 Å². The predicted molar refractivity (Wildman–Crippen MR) is 110 cm³/mol. The van der Waals surface area contributed by atoms with Gasteiger partial charge in [-0.15, -0.1) is 0 Å². The van der Waals surface area contributed by atoms with Crippen LogP contribution in [0.5, 0.6) is 0 Å². The summed E-state index contributed by atoms with van der Waals surface area (Å²) in [7, 11) is 4.03. The van der Waals surface area contributed by atoms with E-state index < -0.39 is 0 Å². The van der Waals surface area contributed by atoms with Crippen molar-refractivity contribution in [1.82, 2.24) is 14.8 Å². The second-order valence-electron chi connectivity index (χ2n) is 9.10. The fraction of sp³-hybridized carbons (Fsp3) is 0.727. The first kappa shape index (κ1) is 19.6. The van der Waals surface area contributed by atoms with Crippen molar-refractivity contribution in [3.63, 3.8) is 0 Å². The molecular formula is C22H34N4O2. The summed E-state index contributed by atoms with van der Waals surface area (Å²) in [5.41, 5.74) is 1.59. The molecule has 0 unspecified atom stereocenters. The maximum Gasteiger partial charge on any atom is 0.222 e. The predicted octanol–water partition coefficient (Wildman–Crippen LogP) is 2.53. The number of rotatable bonds is 5. The number of anilines is 1. The summed E-state index contributed by atoms with van der Waals surface area (Å²) >= 11 is 0. The first-order valence-corrected chi connectivity index (χ1v) is 10.8. The van der Waals surface area contributed by atoms with E-state index >= 15 is 0 Å². The Kier molecular flexibility index (Phi) is 5.88. The Morgan fingerprint density at radius 2 is 2.07 bits per heavy atom. The van der Waals surface area contributed by atoms with E-state index in [0.29, 0.717) is 17.7 Å². The first-order valence-electron chi connectivity index (χ1n) is 10.8. The third kappa shape index (κ3) is 4.49. The van der Waals surface area contributed by atoms with Crippen LogP contribution < -0.4 is 4.90 Å². The summed E-state index contributed by atoms with van der Waals surface area (Å²) in [6.45, 7) is 5.77. The summed E-state index contributed by atoms with van der Waals surface area (Å²) in [5.74, 6) is 1.33. The number of ether oxygens (including phenoxy) is 1. The van der Waals surface area contributed by atoms with Crippen molar-refractivity contribution in [2.45, 2.75) is 51.2 Å². The van der Waals surface area contributed by atoms with E-state index in [2.05, 4.69) is 26.9 Å². The zero-order valence-electron chi connectivity index (χ0n) is 17.4. The molecule has 4 rings (SSSR count). The summed E-state index contributed by atoms with van der Waals surface area (Å²) in [4.78, 5) is 23.7. The van der Waals surface area contributed by atoms with Gasteiger partial charge in [-0.1, -0.05) is 6.07 Å². The molecule has 0 aliphatic carbocycles. The van der Waals surface area contributed by atoms with Crippen LogP contribution in [0.4, 0.5) is 5.82 Å². The Bertz CT molecular complexity index is 662. The molecule has 1 atom stereocenters. The van der Waals surface area contributed by atoms with Crippen LogP contribution in [0, 0.1) is 5.41 Å². The van der Waals surface area contributed by atoms with Gasteiger partial charge in [0.15, 0.2) is 0 Å². The highest BCUT2D eigenvalue weighted by atomic mass is 16.5. The molecule has 28 heavy (non-hydrogen) atoms. The van der Waals surface area contributed by atoms with Crippen LogP contribution in [0.15, 0.2) is 18.3 Å². The van der Waals surface area contributed by atoms with Crippen LogP contribution >= 0.6 is 0 Å². The van der Waals surface area contributed by atoms with Gasteiger partial charge in [0.1, 0.15) is 5.82 Å². The zero-order chi connectivity index (χ0) is 19.6. The highest BCUT2D eigenvalue weighted by molar-refractivity contribution is 5.77. The molecule has 0 radical (unpaired) electrons. The molecule has 6 heteroatoms. The molecule has 3 aliphatic rings. The van der Waals surface area contributed by atoms with Crippen LogP contribution in [0.25, 0.3) is 0 Å². The monoisotopic (exact) mass is 386 g/mol. The molecule has 0 N–H and O–H groups in total. The summed E-state index contributed by atoms with van der Waals surface area (Å²) in [5, 5.41) is 0. The molecule has 154 valence electrons.